The molecule has 0 saturated heterocycles. The van der Waals surface area contributed by atoms with Crippen LogP contribution in [0, 0.1) is 0 Å². The van der Waals surface area contributed by atoms with Gasteiger partial charge >= 0.3 is 0 Å². The Labute approximate surface area is 171 Å². The third-order valence-corrected chi connectivity index (χ3v) is 7.40. The highest BCUT2D eigenvalue weighted by Gasteiger charge is 2.21. The van der Waals surface area contributed by atoms with Crippen LogP contribution in [0.15, 0.2) is 58.3 Å². The molecule has 2 aromatic rings. The fourth-order valence-corrected chi connectivity index (χ4v) is 4.73. The third kappa shape index (κ3) is 5.86. The molecule has 0 bridgehead atoms. The second-order valence-electron chi connectivity index (χ2n) is 6.31. The average molecular weight is 440 g/mol. The molecule has 10 heteroatoms. The lowest BCUT2D eigenvalue weighted by Gasteiger charge is -2.18. The second kappa shape index (κ2) is 9.49. The molecule has 0 aromatic heterocycles. The first kappa shape index (κ1) is 23.0. The Balaban J connectivity index is 1.96. The highest BCUT2D eigenvalue weighted by molar-refractivity contribution is 7.89. The molecule has 0 aliphatic rings. The smallest absolute Gasteiger partial charge is 0.251 e. The van der Waals surface area contributed by atoms with E-state index in [1.807, 2.05) is 0 Å². The predicted octanol–water partition coefficient (Wildman–Crippen LogP) is 1.34. The van der Waals surface area contributed by atoms with E-state index < -0.39 is 20.0 Å². The summed E-state index contributed by atoms with van der Waals surface area (Å²) in [6.45, 7) is 4.63. The molecule has 2 rings (SSSR count). The standard InChI is InChI=1S/C19H25N3O5S2/c1-3-22(4-2)29(26,27)18-11-7-16(8-12-18)19(23)21-14-13-15-5-9-17(10-6-15)28(20,24)25/h5-12H,3-4,13-14H2,1-2H3,(H,21,23)(H2,20,24,25). The molecule has 8 nitrogen and oxygen atoms in total. The van der Waals surface area contributed by atoms with Crippen molar-refractivity contribution < 1.29 is 21.6 Å². The van der Waals surface area contributed by atoms with Gasteiger partial charge in [-0.3, -0.25) is 4.79 Å². The fourth-order valence-electron chi connectivity index (χ4n) is 2.76. The molecule has 29 heavy (non-hydrogen) atoms. The van der Waals surface area contributed by atoms with Crippen LogP contribution in [0.4, 0.5) is 0 Å². The molecule has 0 unspecified atom stereocenters. The number of carbonyl (C=O) groups is 1. The van der Waals surface area contributed by atoms with E-state index >= 15 is 0 Å². The van der Waals surface area contributed by atoms with Gasteiger partial charge in [-0.15, -0.1) is 0 Å². The molecular weight excluding hydrogens is 414 g/mol. The van der Waals surface area contributed by atoms with Crippen LogP contribution in [0.1, 0.15) is 29.8 Å². The Hall–Kier alpha value is -2.27. The Morgan fingerprint density at radius 3 is 1.90 bits per heavy atom. The number of hydrogen-bond acceptors (Lipinski definition) is 5. The number of rotatable bonds is 9. The van der Waals surface area contributed by atoms with Crippen molar-refractivity contribution in [2.75, 3.05) is 19.6 Å². The zero-order valence-corrected chi connectivity index (χ0v) is 18.0. The minimum absolute atomic E-state index is 0.0324. The van der Waals surface area contributed by atoms with E-state index in [1.54, 1.807) is 26.0 Å². The highest BCUT2D eigenvalue weighted by atomic mass is 32.2. The van der Waals surface area contributed by atoms with Gasteiger partial charge in [0.1, 0.15) is 0 Å². The van der Waals surface area contributed by atoms with E-state index in [-0.39, 0.29) is 15.7 Å². The van der Waals surface area contributed by atoms with Crippen LogP contribution in [0.2, 0.25) is 0 Å². The summed E-state index contributed by atoms with van der Waals surface area (Å²) in [6.07, 6.45) is 0.505. The van der Waals surface area contributed by atoms with Crippen molar-refractivity contribution in [1.82, 2.24) is 9.62 Å². The van der Waals surface area contributed by atoms with E-state index in [0.717, 1.165) is 5.56 Å². The molecule has 3 N–H and O–H groups in total. The van der Waals surface area contributed by atoms with Crippen molar-refractivity contribution >= 4 is 26.0 Å². The Bertz CT molecular complexity index is 1040. The molecule has 0 spiro atoms. The van der Waals surface area contributed by atoms with E-state index in [1.165, 1.54) is 40.7 Å². The number of nitrogens with zero attached hydrogens (tertiary/aromatic N) is 1. The SMILES string of the molecule is CCN(CC)S(=O)(=O)c1ccc(C(=O)NCCc2ccc(S(N)(=O)=O)cc2)cc1. The van der Waals surface area contributed by atoms with Crippen molar-refractivity contribution in [3.05, 3.63) is 59.7 Å². The maximum absolute atomic E-state index is 12.5. The summed E-state index contributed by atoms with van der Waals surface area (Å²) in [4.78, 5) is 12.4. The minimum Gasteiger partial charge on any atom is -0.352 e. The molecule has 0 aliphatic heterocycles. The van der Waals surface area contributed by atoms with Crippen molar-refractivity contribution in [3.8, 4) is 0 Å². The van der Waals surface area contributed by atoms with E-state index in [2.05, 4.69) is 5.32 Å². The van der Waals surface area contributed by atoms with Crippen LogP contribution in [0.25, 0.3) is 0 Å². The van der Waals surface area contributed by atoms with E-state index in [0.29, 0.717) is 31.6 Å². The molecule has 0 radical (unpaired) electrons. The molecule has 0 heterocycles. The van der Waals surface area contributed by atoms with Gasteiger partial charge < -0.3 is 5.32 Å². The largest absolute Gasteiger partial charge is 0.352 e. The predicted molar refractivity (Wildman–Crippen MR) is 110 cm³/mol. The number of primary sulfonamides is 1. The van der Waals surface area contributed by atoms with E-state index in [9.17, 15) is 21.6 Å². The van der Waals surface area contributed by atoms with Crippen LogP contribution in [-0.4, -0.2) is 46.7 Å². The van der Waals surface area contributed by atoms with Crippen molar-refractivity contribution in [2.45, 2.75) is 30.1 Å². The number of nitrogens with one attached hydrogen (secondary N) is 1. The van der Waals surface area contributed by atoms with Crippen LogP contribution < -0.4 is 10.5 Å². The molecule has 0 atom stereocenters. The highest BCUT2D eigenvalue weighted by Crippen LogP contribution is 2.16. The summed E-state index contributed by atoms with van der Waals surface area (Å²) in [5, 5.41) is 7.81. The Kier molecular flexibility index (Phi) is 7.53. The summed E-state index contributed by atoms with van der Waals surface area (Å²) in [5.41, 5.74) is 1.20. The quantitative estimate of drug-likeness (QED) is 0.610. The van der Waals surface area contributed by atoms with Crippen LogP contribution in [0.5, 0.6) is 0 Å². The molecule has 0 aliphatic carbocycles. The summed E-state index contributed by atoms with van der Waals surface area (Å²) < 4.78 is 48.8. The minimum atomic E-state index is -3.73. The van der Waals surface area contributed by atoms with Gasteiger partial charge in [0.15, 0.2) is 0 Å². The zero-order valence-electron chi connectivity index (χ0n) is 16.3. The van der Waals surface area contributed by atoms with E-state index in [4.69, 9.17) is 5.14 Å². The molecule has 1 amide bonds. The van der Waals surface area contributed by atoms with Gasteiger partial charge in [0.25, 0.3) is 5.91 Å². The summed E-state index contributed by atoms with van der Waals surface area (Å²) in [7, 11) is -7.29. The molecule has 2 aromatic carbocycles. The van der Waals surface area contributed by atoms with Gasteiger partial charge in [0.2, 0.25) is 20.0 Å². The van der Waals surface area contributed by atoms with Gasteiger partial charge in [-0.05, 0) is 48.4 Å². The topological polar surface area (TPSA) is 127 Å². The number of benzene rings is 2. The molecular formula is C19H25N3O5S2. The number of hydrogen-bond donors (Lipinski definition) is 2. The average Bonchev–Trinajstić information content (AvgIpc) is 2.68. The first-order valence-corrected chi connectivity index (χ1v) is 12.1. The number of amides is 1. The van der Waals surface area contributed by atoms with Crippen LogP contribution >= 0.6 is 0 Å². The number of nitrogens with two attached hydrogens (primary N) is 1. The number of sulfonamides is 2. The fraction of sp³-hybridized carbons (Fsp3) is 0.316. The normalized spacial score (nSPS) is 12.1. The van der Waals surface area contributed by atoms with Crippen LogP contribution in [0.3, 0.4) is 0 Å². The molecule has 158 valence electrons. The summed E-state index contributed by atoms with van der Waals surface area (Å²) >= 11 is 0. The summed E-state index contributed by atoms with van der Waals surface area (Å²) in [6, 6.07) is 11.9. The zero-order chi connectivity index (χ0) is 21.7. The number of carbonyl (C=O) groups excluding carboxylic acids is 1. The Morgan fingerprint density at radius 1 is 0.897 bits per heavy atom. The lowest BCUT2D eigenvalue weighted by atomic mass is 10.1. The lowest BCUT2D eigenvalue weighted by molar-refractivity contribution is 0.0954. The van der Waals surface area contributed by atoms with Crippen LogP contribution in [-0.2, 0) is 26.5 Å². The molecule has 0 saturated carbocycles. The summed E-state index contributed by atoms with van der Waals surface area (Å²) in [5.74, 6) is -0.321. The maximum atomic E-state index is 12.5. The van der Waals surface area contributed by atoms with Gasteiger partial charge in [-0.25, -0.2) is 22.0 Å². The lowest BCUT2D eigenvalue weighted by Crippen LogP contribution is -2.30. The first-order valence-electron chi connectivity index (χ1n) is 9.09. The second-order valence-corrected chi connectivity index (χ2v) is 9.81. The van der Waals surface area contributed by atoms with Gasteiger partial charge in [-0.1, -0.05) is 26.0 Å². The first-order chi connectivity index (χ1) is 13.6. The van der Waals surface area contributed by atoms with Gasteiger partial charge in [0, 0.05) is 25.2 Å². The van der Waals surface area contributed by atoms with Crippen molar-refractivity contribution in [2.24, 2.45) is 5.14 Å². The maximum Gasteiger partial charge on any atom is 0.251 e. The van der Waals surface area contributed by atoms with Gasteiger partial charge in [0.05, 0.1) is 9.79 Å². The third-order valence-electron chi connectivity index (χ3n) is 4.41. The van der Waals surface area contributed by atoms with Crippen molar-refractivity contribution in [1.29, 1.82) is 0 Å². The molecule has 0 fully saturated rings. The monoisotopic (exact) mass is 439 g/mol. The van der Waals surface area contributed by atoms with Gasteiger partial charge in [-0.2, -0.15) is 4.31 Å². The Morgan fingerprint density at radius 2 is 1.41 bits per heavy atom. The van der Waals surface area contributed by atoms with Crippen molar-refractivity contribution in [3.63, 3.8) is 0 Å².